The van der Waals surface area contributed by atoms with Gasteiger partial charge in [-0.2, -0.15) is 5.10 Å². The molecule has 1 fully saturated rings. The first-order valence-corrected chi connectivity index (χ1v) is 11.0. The van der Waals surface area contributed by atoms with E-state index in [1.807, 2.05) is 6.92 Å². The van der Waals surface area contributed by atoms with Crippen LogP contribution in [-0.2, 0) is 4.79 Å². The first-order chi connectivity index (χ1) is 16.0. The smallest absolute Gasteiger partial charge is 0.245 e. The van der Waals surface area contributed by atoms with E-state index < -0.39 is 5.82 Å². The monoisotopic (exact) mass is 455 g/mol. The number of aliphatic hydroxyl groups is 1. The van der Waals surface area contributed by atoms with E-state index in [-0.39, 0.29) is 12.5 Å². The highest BCUT2D eigenvalue weighted by Crippen LogP contribution is 2.32. The summed E-state index contributed by atoms with van der Waals surface area (Å²) in [7, 11) is 2.76. The number of amides is 1. The van der Waals surface area contributed by atoms with Gasteiger partial charge < -0.3 is 15.3 Å². The molecule has 1 saturated carbocycles. The molecule has 3 aromatic rings. The van der Waals surface area contributed by atoms with E-state index in [1.165, 1.54) is 57.1 Å². The Labute approximate surface area is 192 Å². The minimum Gasteiger partial charge on any atom is -0.400 e. The van der Waals surface area contributed by atoms with Crippen molar-refractivity contribution in [3.8, 4) is 22.6 Å². The number of nitrogens with one attached hydrogen (secondary N) is 2. The Bertz CT molecular complexity index is 1060. The molecule has 0 atom stereocenters. The Kier molecular flexibility index (Phi) is 8.42. The number of fused-ring (bicyclic) bond motifs is 1. The van der Waals surface area contributed by atoms with Gasteiger partial charge in [0.25, 0.3) is 0 Å². The molecular weight excluding hydrogens is 425 g/mol. The average Bonchev–Trinajstić information content (AvgIpc) is 3.38. The lowest BCUT2D eigenvalue weighted by molar-refractivity contribution is -0.115. The van der Waals surface area contributed by atoms with E-state index in [0.29, 0.717) is 34.3 Å². The number of aryl methyl sites for hydroxylation is 1. The summed E-state index contributed by atoms with van der Waals surface area (Å²) >= 11 is 0. The molecule has 0 unspecified atom stereocenters. The topological polar surface area (TPSA) is 120 Å². The van der Waals surface area contributed by atoms with Crippen molar-refractivity contribution in [2.24, 2.45) is 0 Å². The van der Waals surface area contributed by atoms with Crippen LogP contribution in [0.5, 0.6) is 0 Å². The van der Waals surface area contributed by atoms with Crippen LogP contribution >= 0.6 is 0 Å². The zero-order valence-corrected chi connectivity index (χ0v) is 19.2. The second-order valence-electron chi connectivity index (χ2n) is 7.93. The Morgan fingerprint density at radius 3 is 2.30 bits per heavy atom. The maximum Gasteiger partial charge on any atom is 0.245 e. The molecule has 1 aliphatic heterocycles. The molecule has 1 amide bonds. The van der Waals surface area contributed by atoms with Crippen LogP contribution in [0, 0.1) is 12.7 Å². The molecular formula is C23H30FN7O2. The lowest BCUT2D eigenvalue weighted by Crippen LogP contribution is -2.36. The van der Waals surface area contributed by atoms with E-state index in [9.17, 15) is 9.18 Å². The summed E-state index contributed by atoms with van der Waals surface area (Å²) in [6.45, 7) is 2.06. The van der Waals surface area contributed by atoms with Gasteiger partial charge in [0.05, 0.1) is 24.0 Å². The fourth-order valence-corrected chi connectivity index (χ4v) is 3.86. The number of rotatable bonds is 2. The first kappa shape index (κ1) is 24.2. The van der Waals surface area contributed by atoms with Gasteiger partial charge in [-0.3, -0.25) is 9.89 Å². The van der Waals surface area contributed by atoms with Crippen LogP contribution < -0.4 is 10.2 Å². The normalized spacial score (nSPS) is 14.8. The van der Waals surface area contributed by atoms with Crippen LogP contribution in [0.3, 0.4) is 0 Å². The maximum absolute atomic E-state index is 14.5. The number of hydrogen-bond acceptors (Lipinski definition) is 7. The fraction of sp³-hybridized carbons (Fsp3) is 0.435. The van der Waals surface area contributed by atoms with Gasteiger partial charge in [-0.25, -0.2) is 19.3 Å². The molecule has 0 bridgehead atoms. The standard InChI is InChI=1S/C16H14FN7O.C6H12.CH4O/c1-8-3-10(14-19-7-20-23-14)11(17)4-9(8)12-5-18-15-16(21-12)24(2)6-13(25)22-15;1-2-4-6-5-3-1;1-2/h3-5,7H,6H2,1-2H3,(H,18,22,25)(H,19,20,23);1-6H2;2H,1H3. The van der Waals surface area contributed by atoms with Crippen LogP contribution in [0.25, 0.3) is 22.6 Å². The zero-order valence-electron chi connectivity index (χ0n) is 19.2. The number of aromatic nitrogens is 5. The van der Waals surface area contributed by atoms with Gasteiger partial charge in [0.2, 0.25) is 5.91 Å². The Hall–Kier alpha value is -3.40. The highest BCUT2D eigenvalue weighted by molar-refractivity contribution is 5.99. The number of halogens is 1. The largest absolute Gasteiger partial charge is 0.400 e. The molecule has 33 heavy (non-hydrogen) atoms. The van der Waals surface area contributed by atoms with Crippen LogP contribution in [0.15, 0.2) is 24.7 Å². The SMILES string of the molecule is C1CCCCC1.CO.Cc1cc(-c2ncn[nH]2)c(F)cc1-c1cnc2c(n1)N(C)CC(=O)N2. The van der Waals surface area contributed by atoms with Crippen LogP contribution in [0.2, 0.25) is 0 Å². The summed E-state index contributed by atoms with van der Waals surface area (Å²) in [6, 6.07) is 3.10. The third-order valence-corrected chi connectivity index (χ3v) is 5.51. The number of aliphatic hydroxyl groups excluding tert-OH is 1. The molecule has 0 saturated heterocycles. The van der Waals surface area contributed by atoms with E-state index in [2.05, 4.69) is 30.5 Å². The van der Waals surface area contributed by atoms with Crippen LogP contribution in [0.1, 0.15) is 44.1 Å². The molecule has 3 heterocycles. The van der Waals surface area contributed by atoms with Crippen molar-refractivity contribution in [2.45, 2.75) is 45.4 Å². The van der Waals surface area contributed by atoms with Crippen molar-refractivity contribution in [1.29, 1.82) is 0 Å². The van der Waals surface area contributed by atoms with Crippen molar-refractivity contribution in [1.82, 2.24) is 25.1 Å². The molecule has 9 nitrogen and oxygen atoms in total. The predicted octanol–water partition coefficient (Wildman–Crippen LogP) is 3.71. The lowest BCUT2D eigenvalue weighted by Gasteiger charge is -2.25. The third-order valence-electron chi connectivity index (χ3n) is 5.51. The van der Waals surface area contributed by atoms with Crippen molar-refractivity contribution < 1.29 is 14.3 Å². The molecule has 10 heteroatoms. The van der Waals surface area contributed by atoms with E-state index in [4.69, 9.17) is 5.11 Å². The molecule has 3 N–H and O–H groups in total. The zero-order chi connectivity index (χ0) is 23.8. The van der Waals surface area contributed by atoms with E-state index >= 15 is 0 Å². The molecule has 5 rings (SSSR count). The highest BCUT2D eigenvalue weighted by Gasteiger charge is 2.23. The molecule has 1 aromatic carbocycles. The number of anilines is 2. The van der Waals surface area contributed by atoms with Crippen LogP contribution in [0.4, 0.5) is 16.0 Å². The van der Waals surface area contributed by atoms with Gasteiger partial charge in [-0.15, -0.1) is 0 Å². The van der Waals surface area contributed by atoms with Crippen LogP contribution in [-0.4, -0.2) is 56.9 Å². The average molecular weight is 456 g/mol. The van der Waals surface area contributed by atoms with Gasteiger partial charge in [-0.1, -0.05) is 38.5 Å². The van der Waals surface area contributed by atoms with E-state index in [0.717, 1.165) is 12.7 Å². The number of hydrogen-bond donors (Lipinski definition) is 3. The van der Waals surface area contributed by atoms with Gasteiger partial charge in [0.1, 0.15) is 12.1 Å². The Balaban J connectivity index is 0.000000329. The Morgan fingerprint density at radius 1 is 1.03 bits per heavy atom. The van der Waals surface area contributed by atoms with Gasteiger partial charge in [-0.05, 0) is 24.6 Å². The first-order valence-electron chi connectivity index (χ1n) is 11.0. The number of H-pyrrole nitrogens is 1. The second-order valence-corrected chi connectivity index (χ2v) is 7.93. The maximum atomic E-state index is 14.5. The number of carbonyl (C=O) groups is 1. The van der Waals surface area contributed by atoms with Crippen molar-refractivity contribution in [3.63, 3.8) is 0 Å². The van der Waals surface area contributed by atoms with Crippen molar-refractivity contribution in [2.75, 3.05) is 30.9 Å². The summed E-state index contributed by atoms with van der Waals surface area (Å²) in [4.78, 5) is 26.0. The van der Waals surface area contributed by atoms with Gasteiger partial charge in [0.15, 0.2) is 17.5 Å². The number of likely N-dealkylation sites (N-methyl/N-ethyl adjacent to an activating group) is 1. The van der Waals surface area contributed by atoms with E-state index in [1.54, 1.807) is 18.0 Å². The summed E-state index contributed by atoms with van der Waals surface area (Å²) < 4.78 is 14.5. The summed E-state index contributed by atoms with van der Waals surface area (Å²) in [5, 5.41) is 16.1. The minimum atomic E-state index is -0.432. The molecule has 2 aromatic heterocycles. The number of carbonyl (C=O) groups excluding carboxylic acids is 1. The number of benzene rings is 1. The molecule has 0 radical (unpaired) electrons. The van der Waals surface area contributed by atoms with Crippen molar-refractivity contribution in [3.05, 3.63) is 36.0 Å². The summed E-state index contributed by atoms with van der Waals surface area (Å²) in [6.07, 6.45) is 11.9. The molecule has 2 aliphatic rings. The predicted molar refractivity (Wildman–Crippen MR) is 125 cm³/mol. The summed E-state index contributed by atoms with van der Waals surface area (Å²) in [5.74, 6) is 0.746. The summed E-state index contributed by atoms with van der Waals surface area (Å²) in [5.41, 5.74) is 2.32. The molecule has 0 spiro atoms. The quantitative estimate of drug-likeness (QED) is 0.539. The van der Waals surface area contributed by atoms with Gasteiger partial charge >= 0.3 is 0 Å². The second kappa shape index (κ2) is 11.5. The lowest BCUT2D eigenvalue weighted by atomic mass is 10.0. The van der Waals surface area contributed by atoms with Gasteiger partial charge in [0, 0.05) is 19.7 Å². The highest BCUT2D eigenvalue weighted by atomic mass is 19.1. The third kappa shape index (κ3) is 5.89. The minimum absolute atomic E-state index is 0.143. The number of aromatic amines is 1. The number of nitrogens with zero attached hydrogens (tertiary/aromatic N) is 5. The van der Waals surface area contributed by atoms with Crippen molar-refractivity contribution >= 4 is 17.5 Å². The molecule has 176 valence electrons. The fourth-order valence-electron chi connectivity index (χ4n) is 3.86. The Morgan fingerprint density at radius 2 is 1.70 bits per heavy atom. The molecule has 1 aliphatic carbocycles.